The van der Waals surface area contributed by atoms with E-state index in [1.807, 2.05) is 0 Å². The predicted molar refractivity (Wildman–Crippen MR) is 66.6 cm³/mol. The Labute approximate surface area is 101 Å². The monoisotopic (exact) mass is 230 g/mol. The van der Waals surface area contributed by atoms with Crippen molar-refractivity contribution in [2.45, 2.75) is 20.5 Å². The van der Waals surface area contributed by atoms with Crippen LogP contribution in [0.5, 0.6) is 5.75 Å². The van der Waals surface area contributed by atoms with E-state index in [0.717, 1.165) is 5.56 Å². The Morgan fingerprint density at radius 2 is 1.71 bits per heavy atom. The lowest BCUT2D eigenvalue weighted by Crippen LogP contribution is -1.98. The third kappa shape index (κ3) is 3.06. The second-order valence-corrected chi connectivity index (χ2v) is 4.17. The van der Waals surface area contributed by atoms with Gasteiger partial charge in [0.1, 0.15) is 18.2 Å². The standard InChI is InChI=1S/C15H15FO/c1-11-3-4-12(2)13(9-11)10-17-15-7-5-14(16)6-8-15/h3-9H,10H2,1-2H3. The topological polar surface area (TPSA) is 9.23 Å². The minimum absolute atomic E-state index is 0.246. The Morgan fingerprint density at radius 1 is 1.00 bits per heavy atom. The zero-order valence-electron chi connectivity index (χ0n) is 10.0. The maximum atomic E-state index is 12.7. The molecule has 0 N–H and O–H groups in total. The summed E-state index contributed by atoms with van der Waals surface area (Å²) < 4.78 is 18.3. The van der Waals surface area contributed by atoms with Crippen molar-refractivity contribution in [2.24, 2.45) is 0 Å². The highest BCUT2D eigenvalue weighted by Gasteiger charge is 2.00. The van der Waals surface area contributed by atoms with E-state index in [9.17, 15) is 4.39 Å². The van der Waals surface area contributed by atoms with Crippen LogP contribution in [0.2, 0.25) is 0 Å². The summed E-state index contributed by atoms with van der Waals surface area (Å²) in [5.74, 6) is 0.441. The van der Waals surface area contributed by atoms with Crippen LogP contribution in [0, 0.1) is 19.7 Å². The van der Waals surface area contributed by atoms with E-state index < -0.39 is 0 Å². The van der Waals surface area contributed by atoms with Crippen LogP contribution in [-0.4, -0.2) is 0 Å². The Balaban J connectivity index is 2.07. The Hall–Kier alpha value is -1.83. The van der Waals surface area contributed by atoms with Crippen molar-refractivity contribution in [3.8, 4) is 5.75 Å². The number of ether oxygens (including phenoxy) is 1. The van der Waals surface area contributed by atoms with Gasteiger partial charge < -0.3 is 4.74 Å². The van der Waals surface area contributed by atoms with Gasteiger partial charge in [-0.15, -0.1) is 0 Å². The van der Waals surface area contributed by atoms with E-state index >= 15 is 0 Å². The van der Waals surface area contributed by atoms with Gasteiger partial charge in [-0.1, -0.05) is 23.8 Å². The third-order valence-corrected chi connectivity index (χ3v) is 2.71. The van der Waals surface area contributed by atoms with Crippen molar-refractivity contribution in [3.05, 3.63) is 65.0 Å². The summed E-state index contributed by atoms with van der Waals surface area (Å²) in [5, 5.41) is 0. The number of hydrogen-bond donors (Lipinski definition) is 0. The maximum absolute atomic E-state index is 12.7. The minimum atomic E-state index is -0.246. The summed E-state index contributed by atoms with van der Waals surface area (Å²) in [5.41, 5.74) is 3.58. The quantitative estimate of drug-likeness (QED) is 0.773. The highest BCUT2D eigenvalue weighted by atomic mass is 19.1. The fourth-order valence-corrected chi connectivity index (χ4v) is 1.65. The van der Waals surface area contributed by atoms with E-state index in [0.29, 0.717) is 12.4 Å². The molecule has 0 aliphatic rings. The first-order valence-electron chi connectivity index (χ1n) is 5.59. The van der Waals surface area contributed by atoms with Gasteiger partial charge in [0.05, 0.1) is 0 Å². The zero-order valence-corrected chi connectivity index (χ0v) is 10.0. The van der Waals surface area contributed by atoms with Gasteiger partial charge in [0.15, 0.2) is 0 Å². The maximum Gasteiger partial charge on any atom is 0.123 e. The second kappa shape index (κ2) is 5.00. The molecule has 0 saturated carbocycles. The van der Waals surface area contributed by atoms with Crippen LogP contribution in [0.1, 0.15) is 16.7 Å². The number of hydrogen-bond acceptors (Lipinski definition) is 1. The minimum Gasteiger partial charge on any atom is -0.489 e. The molecule has 0 spiro atoms. The molecule has 0 aliphatic heterocycles. The van der Waals surface area contributed by atoms with Gasteiger partial charge in [0.2, 0.25) is 0 Å². The zero-order chi connectivity index (χ0) is 12.3. The van der Waals surface area contributed by atoms with Crippen molar-refractivity contribution in [3.63, 3.8) is 0 Å². The molecule has 0 aliphatic carbocycles. The molecule has 88 valence electrons. The van der Waals surface area contributed by atoms with Crippen molar-refractivity contribution < 1.29 is 9.13 Å². The Kier molecular flexibility index (Phi) is 3.43. The van der Waals surface area contributed by atoms with E-state index in [1.54, 1.807) is 12.1 Å². The molecule has 0 aromatic heterocycles. The molecule has 0 fully saturated rings. The molecule has 0 unspecified atom stereocenters. The summed E-state index contributed by atoms with van der Waals surface area (Å²) in [4.78, 5) is 0. The van der Waals surface area contributed by atoms with Gasteiger partial charge in [-0.3, -0.25) is 0 Å². The highest BCUT2D eigenvalue weighted by molar-refractivity contribution is 5.31. The Bertz CT molecular complexity index is 503. The van der Waals surface area contributed by atoms with Crippen LogP contribution < -0.4 is 4.74 Å². The van der Waals surface area contributed by atoms with Crippen LogP contribution in [0.4, 0.5) is 4.39 Å². The molecule has 1 nitrogen and oxygen atoms in total. The van der Waals surface area contributed by atoms with Crippen LogP contribution in [-0.2, 0) is 6.61 Å². The highest BCUT2D eigenvalue weighted by Crippen LogP contribution is 2.16. The molecule has 2 rings (SSSR count). The number of aryl methyl sites for hydroxylation is 2. The fourth-order valence-electron chi connectivity index (χ4n) is 1.65. The average molecular weight is 230 g/mol. The van der Waals surface area contributed by atoms with E-state index in [4.69, 9.17) is 4.74 Å². The molecular formula is C15H15FO. The predicted octanol–water partition coefficient (Wildman–Crippen LogP) is 4.02. The van der Waals surface area contributed by atoms with Crippen LogP contribution in [0.25, 0.3) is 0 Å². The molecule has 0 heterocycles. The fraction of sp³-hybridized carbons (Fsp3) is 0.200. The molecule has 17 heavy (non-hydrogen) atoms. The molecule has 2 heteroatoms. The molecular weight excluding hydrogens is 215 g/mol. The van der Waals surface area contributed by atoms with Gasteiger partial charge in [0, 0.05) is 0 Å². The largest absolute Gasteiger partial charge is 0.489 e. The van der Waals surface area contributed by atoms with Crippen LogP contribution in [0.3, 0.4) is 0 Å². The van der Waals surface area contributed by atoms with E-state index in [2.05, 4.69) is 32.0 Å². The first-order valence-corrected chi connectivity index (χ1v) is 5.59. The number of rotatable bonds is 3. The van der Waals surface area contributed by atoms with Gasteiger partial charge >= 0.3 is 0 Å². The molecule has 0 saturated heterocycles. The van der Waals surface area contributed by atoms with E-state index in [-0.39, 0.29) is 5.82 Å². The van der Waals surface area contributed by atoms with Crippen molar-refractivity contribution in [1.82, 2.24) is 0 Å². The summed E-state index contributed by atoms with van der Waals surface area (Å²) in [7, 11) is 0. The summed E-state index contributed by atoms with van der Waals surface area (Å²) >= 11 is 0. The van der Waals surface area contributed by atoms with Gasteiger partial charge in [-0.2, -0.15) is 0 Å². The van der Waals surface area contributed by atoms with Crippen molar-refractivity contribution >= 4 is 0 Å². The van der Waals surface area contributed by atoms with Crippen molar-refractivity contribution in [2.75, 3.05) is 0 Å². The first-order chi connectivity index (χ1) is 8.15. The van der Waals surface area contributed by atoms with Crippen molar-refractivity contribution in [1.29, 1.82) is 0 Å². The van der Waals surface area contributed by atoms with Gasteiger partial charge in [0.25, 0.3) is 0 Å². The number of halogens is 1. The van der Waals surface area contributed by atoms with Crippen LogP contribution >= 0.6 is 0 Å². The first kappa shape index (κ1) is 11.6. The molecule has 2 aromatic carbocycles. The lowest BCUT2D eigenvalue weighted by atomic mass is 10.1. The second-order valence-electron chi connectivity index (χ2n) is 4.17. The number of benzene rings is 2. The summed E-state index contributed by atoms with van der Waals surface area (Å²) in [6, 6.07) is 12.4. The average Bonchev–Trinajstić information content (AvgIpc) is 2.32. The van der Waals surface area contributed by atoms with Gasteiger partial charge in [-0.05, 0) is 49.2 Å². The van der Waals surface area contributed by atoms with Crippen LogP contribution in [0.15, 0.2) is 42.5 Å². The molecule has 0 amide bonds. The molecule has 2 aromatic rings. The lowest BCUT2D eigenvalue weighted by Gasteiger charge is -2.09. The molecule has 0 bridgehead atoms. The molecule has 0 atom stereocenters. The SMILES string of the molecule is Cc1ccc(C)c(COc2ccc(F)cc2)c1. The normalized spacial score (nSPS) is 10.3. The summed E-state index contributed by atoms with van der Waals surface area (Å²) in [6.45, 7) is 4.63. The smallest absolute Gasteiger partial charge is 0.123 e. The van der Waals surface area contributed by atoms with E-state index in [1.165, 1.54) is 23.3 Å². The molecule has 0 radical (unpaired) electrons. The third-order valence-electron chi connectivity index (χ3n) is 2.71. The summed E-state index contributed by atoms with van der Waals surface area (Å²) in [6.07, 6.45) is 0. The Morgan fingerprint density at radius 3 is 2.41 bits per heavy atom. The lowest BCUT2D eigenvalue weighted by molar-refractivity contribution is 0.305. The van der Waals surface area contributed by atoms with Gasteiger partial charge in [-0.25, -0.2) is 4.39 Å².